The Morgan fingerprint density at radius 3 is 2.53 bits per heavy atom. The lowest BCUT2D eigenvalue weighted by atomic mass is 10.1. The van der Waals surface area contributed by atoms with Crippen LogP contribution in [0.2, 0.25) is 0 Å². The SMILES string of the molecule is CCN1C(=O)c2ccccc2Sc2ccc([NH+]([O-])C(=O)Cc3ccc(F)cc3)cc21. The monoisotopic (exact) mass is 422 g/mol. The minimum Gasteiger partial charge on any atom is -0.621 e. The number of halogens is 1. The number of nitrogens with zero attached hydrogens (tertiary/aromatic N) is 1. The molecule has 0 fully saturated rings. The number of hydroxylamine groups is 1. The van der Waals surface area contributed by atoms with Gasteiger partial charge in [-0.2, -0.15) is 0 Å². The van der Waals surface area contributed by atoms with Crippen molar-refractivity contribution in [2.75, 3.05) is 11.4 Å². The number of carbonyl (C=O) groups is 2. The molecule has 1 heterocycles. The smallest absolute Gasteiger partial charge is 0.321 e. The van der Waals surface area contributed by atoms with Gasteiger partial charge in [-0.05, 0) is 42.8 Å². The molecule has 0 radical (unpaired) electrons. The largest absolute Gasteiger partial charge is 0.621 e. The van der Waals surface area contributed by atoms with E-state index in [1.165, 1.54) is 36.0 Å². The fourth-order valence-electron chi connectivity index (χ4n) is 3.40. The standard InChI is InChI=1S/C23H19FN2O3S/c1-2-25-19-14-17(26(29)22(27)13-15-7-9-16(24)10-8-15)11-12-21(19)30-20-6-4-3-5-18(20)23(25)28/h3-12,14,26H,2,13H2,1H3. The number of quaternary nitrogens is 1. The third-order valence-electron chi connectivity index (χ3n) is 4.94. The maximum atomic E-state index is 13.1. The lowest BCUT2D eigenvalue weighted by Gasteiger charge is -2.24. The summed E-state index contributed by atoms with van der Waals surface area (Å²) in [7, 11) is 0. The molecule has 1 aliphatic rings. The molecule has 1 N–H and O–H groups in total. The Morgan fingerprint density at radius 1 is 1.07 bits per heavy atom. The van der Waals surface area contributed by atoms with Gasteiger partial charge in [0.05, 0.1) is 17.7 Å². The number of nitrogens with one attached hydrogen (secondary N) is 1. The Hall–Kier alpha value is -3.00. The van der Waals surface area contributed by atoms with E-state index in [9.17, 15) is 19.2 Å². The van der Waals surface area contributed by atoms with Gasteiger partial charge in [-0.25, -0.2) is 9.18 Å². The second kappa shape index (κ2) is 8.39. The second-order valence-corrected chi connectivity index (χ2v) is 7.97. The van der Waals surface area contributed by atoms with E-state index in [1.54, 1.807) is 29.2 Å². The van der Waals surface area contributed by atoms with E-state index in [1.807, 2.05) is 25.1 Å². The van der Waals surface area contributed by atoms with E-state index in [4.69, 9.17) is 0 Å². The van der Waals surface area contributed by atoms with E-state index in [2.05, 4.69) is 0 Å². The first-order valence-electron chi connectivity index (χ1n) is 9.52. The van der Waals surface area contributed by atoms with Crippen molar-refractivity contribution >= 4 is 35.0 Å². The summed E-state index contributed by atoms with van der Waals surface area (Å²) >= 11 is 1.46. The number of benzene rings is 3. The maximum Gasteiger partial charge on any atom is 0.321 e. The van der Waals surface area contributed by atoms with Crippen LogP contribution in [0.15, 0.2) is 76.5 Å². The van der Waals surface area contributed by atoms with Gasteiger partial charge in [0.15, 0.2) is 0 Å². The molecule has 30 heavy (non-hydrogen) atoms. The molecular formula is C23H19FN2O3S. The zero-order valence-electron chi connectivity index (χ0n) is 16.2. The highest BCUT2D eigenvalue weighted by Crippen LogP contribution is 2.41. The Bertz CT molecular complexity index is 1120. The van der Waals surface area contributed by atoms with Gasteiger partial charge in [-0.3, -0.25) is 9.86 Å². The van der Waals surface area contributed by atoms with Crippen molar-refractivity contribution < 1.29 is 19.0 Å². The minimum absolute atomic E-state index is 0.104. The number of hydrogen-bond donors (Lipinski definition) is 1. The lowest BCUT2D eigenvalue weighted by molar-refractivity contribution is -0.689. The number of amides is 2. The molecule has 4 rings (SSSR count). The molecule has 0 saturated carbocycles. The van der Waals surface area contributed by atoms with Crippen LogP contribution in [0, 0.1) is 11.0 Å². The molecule has 0 aromatic heterocycles. The van der Waals surface area contributed by atoms with Crippen LogP contribution in [0.5, 0.6) is 0 Å². The van der Waals surface area contributed by atoms with Gasteiger partial charge in [0.25, 0.3) is 5.91 Å². The van der Waals surface area contributed by atoms with Crippen LogP contribution in [0.1, 0.15) is 22.8 Å². The van der Waals surface area contributed by atoms with Crippen LogP contribution in [-0.4, -0.2) is 18.4 Å². The summed E-state index contributed by atoms with van der Waals surface area (Å²) in [6.07, 6.45) is -0.104. The van der Waals surface area contributed by atoms with Crippen molar-refractivity contribution in [2.45, 2.75) is 23.1 Å². The lowest BCUT2D eigenvalue weighted by Crippen LogP contribution is -3.05. The number of anilines is 1. The van der Waals surface area contributed by atoms with Crippen LogP contribution in [0.3, 0.4) is 0 Å². The van der Waals surface area contributed by atoms with Crippen molar-refractivity contribution in [3.63, 3.8) is 0 Å². The zero-order chi connectivity index (χ0) is 21.3. The van der Waals surface area contributed by atoms with Gasteiger partial charge in [-0.1, -0.05) is 36.0 Å². The Labute approximate surface area is 177 Å². The number of rotatable bonds is 4. The van der Waals surface area contributed by atoms with Crippen LogP contribution in [-0.2, 0) is 11.2 Å². The molecule has 3 aromatic rings. The number of hydrogen-bond acceptors (Lipinski definition) is 4. The van der Waals surface area contributed by atoms with Crippen molar-refractivity contribution in [3.05, 3.63) is 88.9 Å². The van der Waals surface area contributed by atoms with Gasteiger partial charge in [-0.15, -0.1) is 0 Å². The molecule has 1 unspecified atom stereocenters. The van der Waals surface area contributed by atoms with E-state index in [-0.39, 0.29) is 18.0 Å². The summed E-state index contributed by atoms with van der Waals surface area (Å²) in [6.45, 7) is 2.30. The summed E-state index contributed by atoms with van der Waals surface area (Å²) in [4.78, 5) is 28.9. The molecule has 3 aromatic carbocycles. The molecular weight excluding hydrogens is 403 g/mol. The molecule has 7 heteroatoms. The average Bonchev–Trinajstić information content (AvgIpc) is 2.88. The van der Waals surface area contributed by atoms with Crippen LogP contribution < -0.4 is 9.96 Å². The van der Waals surface area contributed by atoms with Crippen LogP contribution in [0.25, 0.3) is 0 Å². The first kappa shape index (κ1) is 20.3. The molecule has 152 valence electrons. The first-order valence-corrected chi connectivity index (χ1v) is 10.3. The van der Waals surface area contributed by atoms with Gasteiger partial charge in [0.2, 0.25) is 0 Å². The van der Waals surface area contributed by atoms with Crippen LogP contribution >= 0.6 is 11.8 Å². The molecule has 5 nitrogen and oxygen atoms in total. The fourth-order valence-corrected chi connectivity index (χ4v) is 4.46. The fraction of sp³-hybridized carbons (Fsp3) is 0.130. The molecule has 0 aliphatic carbocycles. The van der Waals surface area contributed by atoms with Crippen molar-refractivity contribution in [1.29, 1.82) is 0 Å². The van der Waals surface area contributed by atoms with Crippen molar-refractivity contribution in [1.82, 2.24) is 0 Å². The molecule has 0 saturated heterocycles. The highest BCUT2D eigenvalue weighted by Gasteiger charge is 2.27. The summed E-state index contributed by atoms with van der Waals surface area (Å²) in [5, 5.41) is 12.1. The molecule has 2 amide bonds. The first-order chi connectivity index (χ1) is 14.5. The number of fused-ring (bicyclic) bond motifs is 2. The quantitative estimate of drug-likeness (QED) is 0.651. The Kier molecular flexibility index (Phi) is 5.67. The maximum absolute atomic E-state index is 13.1. The molecule has 0 bridgehead atoms. The van der Waals surface area contributed by atoms with Crippen LogP contribution in [0.4, 0.5) is 15.8 Å². The summed E-state index contributed by atoms with van der Waals surface area (Å²) in [5.41, 5.74) is 2.03. The minimum atomic E-state index is -0.627. The van der Waals surface area contributed by atoms with Gasteiger partial charge in [0.1, 0.15) is 11.5 Å². The molecule has 1 atom stereocenters. The summed E-state index contributed by atoms with van der Waals surface area (Å²) < 4.78 is 13.1. The van der Waals surface area contributed by atoms with Crippen molar-refractivity contribution in [3.8, 4) is 0 Å². The summed E-state index contributed by atoms with van der Waals surface area (Å²) in [6, 6.07) is 17.9. The van der Waals surface area contributed by atoms with Crippen molar-refractivity contribution in [2.24, 2.45) is 0 Å². The Balaban J connectivity index is 1.64. The average molecular weight is 422 g/mol. The molecule has 0 spiro atoms. The Morgan fingerprint density at radius 2 is 1.80 bits per heavy atom. The number of carbonyl (C=O) groups excluding carboxylic acids is 2. The van der Waals surface area contributed by atoms with E-state index < -0.39 is 16.8 Å². The predicted molar refractivity (Wildman–Crippen MR) is 113 cm³/mol. The zero-order valence-corrected chi connectivity index (χ0v) is 17.0. The topological polar surface area (TPSA) is 64.9 Å². The highest BCUT2D eigenvalue weighted by atomic mass is 32.2. The third kappa shape index (κ3) is 3.87. The van der Waals surface area contributed by atoms with Gasteiger partial charge < -0.3 is 10.1 Å². The normalized spacial score (nSPS) is 14.0. The van der Waals surface area contributed by atoms with E-state index in [0.29, 0.717) is 23.4 Å². The second-order valence-electron chi connectivity index (χ2n) is 6.89. The molecule has 1 aliphatic heterocycles. The third-order valence-corrected chi connectivity index (χ3v) is 6.08. The summed E-state index contributed by atoms with van der Waals surface area (Å²) in [5.74, 6) is -1.12. The predicted octanol–water partition coefficient (Wildman–Crippen LogP) is 3.74. The van der Waals surface area contributed by atoms with Gasteiger partial charge >= 0.3 is 5.91 Å². The van der Waals surface area contributed by atoms with E-state index in [0.717, 1.165) is 9.79 Å². The van der Waals surface area contributed by atoms with Gasteiger partial charge in [0, 0.05) is 28.5 Å². The highest BCUT2D eigenvalue weighted by molar-refractivity contribution is 7.99. The van der Waals surface area contributed by atoms with E-state index >= 15 is 0 Å².